The quantitative estimate of drug-likeness (QED) is 0.591. The van der Waals surface area contributed by atoms with E-state index in [1.807, 2.05) is 62.4 Å². The lowest BCUT2D eigenvalue weighted by Crippen LogP contribution is -2.37. The van der Waals surface area contributed by atoms with E-state index < -0.39 is 11.4 Å². The van der Waals surface area contributed by atoms with Gasteiger partial charge in [-0.05, 0) is 60.0 Å². The van der Waals surface area contributed by atoms with Gasteiger partial charge in [-0.25, -0.2) is 4.99 Å². The van der Waals surface area contributed by atoms with Gasteiger partial charge >= 0.3 is 0 Å². The zero-order valence-electron chi connectivity index (χ0n) is 18.4. The molecule has 4 rings (SSSR count). The molecule has 172 valence electrons. The van der Waals surface area contributed by atoms with Crippen LogP contribution in [-0.4, -0.2) is 28.4 Å². The van der Waals surface area contributed by atoms with Crippen molar-refractivity contribution < 1.29 is 9.59 Å². The molecule has 0 bridgehead atoms. The van der Waals surface area contributed by atoms with Crippen molar-refractivity contribution in [3.63, 3.8) is 0 Å². The number of aliphatic imine (C=N–C) groups is 1. The van der Waals surface area contributed by atoms with Crippen molar-refractivity contribution in [2.24, 2.45) is 16.6 Å². The first-order valence-electron chi connectivity index (χ1n) is 10.5. The SMILES string of the molecule is CC(C)C1=C(C(=O)NCC(N)=O)SC2=N[C@@](C)(c3ccc(Cl)cc3)[C@H](c3ccc(Cl)cc3)N21. The molecule has 2 aliphatic heterocycles. The summed E-state index contributed by atoms with van der Waals surface area (Å²) < 4.78 is 0. The van der Waals surface area contributed by atoms with Crippen LogP contribution < -0.4 is 11.1 Å². The Balaban J connectivity index is 1.84. The number of allylic oxidation sites excluding steroid dienone is 1. The molecule has 2 heterocycles. The summed E-state index contributed by atoms with van der Waals surface area (Å²) in [5, 5.41) is 4.65. The lowest BCUT2D eigenvalue weighted by molar-refractivity contribution is -0.122. The van der Waals surface area contributed by atoms with Gasteiger partial charge in [-0.1, -0.05) is 61.3 Å². The standard InChI is InChI=1S/C24H24Cl2N4O2S/c1-13(2)19-20(22(32)28-12-18(27)31)33-23-29-24(3,15-6-10-17(26)11-7-15)21(30(19)23)14-4-8-16(25)9-5-14/h4-11,13,21H,12H2,1-3H3,(H2,27,31)(H,28,32)/t21-,24-/m0/s1. The van der Waals surface area contributed by atoms with Gasteiger partial charge in [0.05, 0.1) is 17.5 Å². The highest BCUT2D eigenvalue weighted by Gasteiger charge is 2.53. The number of benzene rings is 2. The van der Waals surface area contributed by atoms with E-state index in [0.717, 1.165) is 22.0 Å². The maximum absolute atomic E-state index is 12.9. The number of halogens is 2. The molecule has 3 N–H and O–H groups in total. The molecule has 0 fully saturated rings. The molecule has 0 aliphatic carbocycles. The predicted molar refractivity (Wildman–Crippen MR) is 134 cm³/mol. The van der Waals surface area contributed by atoms with Gasteiger partial charge in [0.15, 0.2) is 5.17 Å². The second-order valence-corrected chi connectivity index (χ2v) is 10.3. The van der Waals surface area contributed by atoms with Gasteiger partial charge in [-0.2, -0.15) is 0 Å². The van der Waals surface area contributed by atoms with Gasteiger partial charge in [-0.3, -0.25) is 9.59 Å². The fourth-order valence-electron chi connectivity index (χ4n) is 4.32. The van der Waals surface area contributed by atoms with Crippen LogP contribution in [0.15, 0.2) is 64.1 Å². The second-order valence-electron chi connectivity index (χ2n) is 8.49. The summed E-state index contributed by atoms with van der Waals surface area (Å²) in [5.74, 6) is -0.894. The number of hydrogen-bond acceptors (Lipinski definition) is 5. The van der Waals surface area contributed by atoms with E-state index in [0.29, 0.717) is 15.0 Å². The van der Waals surface area contributed by atoms with Crippen LogP contribution in [0.25, 0.3) is 0 Å². The third kappa shape index (κ3) is 4.37. The van der Waals surface area contributed by atoms with Crippen LogP contribution in [-0.2, 0) is 15.1 Å². The normalized spacial score (nSPS) is 21.9. The molecule has 2 aromatic carbocycles. The molecule has 2 amide bonds. The van der Waals surface area contributed by atoms with E-state index in [-0.39, 0.29) is 24.4 Å². The van der Waals surface area contributed by atoms with Crippen molar-refractivity contribution in [1.82, 2.24) is 10.2 Å². The van der Waals surface area contributed by atoms with Crippen molar-refractivity contribution >= 4 is 51.9 Å². The number of hydrogen-bond donors (Lipinski definition) is 2. The number of nitrogens with zero attached hydrogens (tertiary/aromatic N) is 2. The van der Waals surface area contributed by atoms with Gasteiger partial charge in [0.25, 0.3) is 5.91 Å². The third-order valence-corrected chi connectivity index (χ3v) is 7.37. The molecule has 0 radical (unpaired) electrons. The van der Waals surface area contributed by atoms with Crippen LogP contribution in [0.5, 0.6) is 0 Å². The summed E-state index contributed by atoms with van der Waals surface area (Å²) in [6, 6.07) is 15.2. The number of nitrogens with one attached hydrogen (secondary N) is 1. The van der Waals surface area contributed by atoms with Crippen LogP contribution >= 0.6 is 35.0 Å². The minimum Gasteiger partial charge on any atom is -0.368 e. The highest BCUT2D eigenvalue weighted by Crippen LogP contribution is 2.56. The summed E-state index contributed by atoms with van der Waals surface area (Å²) >= 11 is 13.6. The summed E-state index contributed by atoms with van der Waals surface area (Å²) in [6.45, 7) is 5.95. The van der Waals surface area contributed by atoms with E-state index in [9.17, 15) is 9.59 Å². The third-order valence-electron chi connectivity index (χ3n) is 5.80. The number of amidine groups is 1. The summed E-state index contributed by atoms with van der Waals surface area (Å²) in [4.78, 5) is 31.9. The van der Waals surface area contributed by atoms with Crippen LogP contribution in [0.1, 0.15) is 37.9 Å². The Bertz CT molecular complexity index is 1160. The monoisotopic (exact) mass is 502 g/mol. The number of primary amides is 1. The van der Waals surface area contributed by atoms with Crippen LogP contribution in [0, 0.1) is 5.92 Å². The van der Waals surface area contributed by atoms with Crippen molar-refractivity contribution in [3.05, 3.63) is 80.3 Å². The Kier molecular flexibility index (Phi) is 6.49. The van der Waals surface area contributed by atoms with Gasteiger partial charge in [-0.15, -0.1) is 0 Å². The molecule has 0 aromatic heterocycles. The lowest BCUT2D eigenvalue weighted by atomic mass is 9.81. The van der Waals surface area contributed by atoms with Crippen molar-refractivity contribution in [3.8, 4) is 0 Å². The van der Waals surface area contributed by atoms with Gasteiger partial charge < -0.3 is 16.0 Å². The van der Waals surface area contributed by atoms with E-state index in [1.165, 1.54) is 11.8 Å². The maximum Gasteiger partial charge on any atom is 0.260 e. The molecule has 2 atom stereocenters. The molecular formula is C24H24Cl2N4O2S. The zero-order chi connectivity index (χ0) is 23.9. The summed E-state index contributed by atoms with van der Waals surface area (Å²) in [7, 11) is 0. The number of fused-ring (bicyclic) bond motifs is 1. The fourth-order valence-corrected chi connectivity index (χ4v) is 5.90. The van der Waals surface area contributed by atoms with E-state index >= 15 is 0 Å². The van der Waals surface area contributed by atoms with Gasteiger partial charge in [0.2, 0.25) is 5.91 Å². The van der Waals surface area contributed by atoms with Gasteiger partial charge in [0.1, 0.15) is 5.54 Å². The van der Waals surface area contributed by atoms with Crippen molar-refractivity contribution in [2.75, 3.05) is 6.54 Å². The fraction of sp³-hybridized carbons (Fsp3) is 0.292. The number of thioether (sulfide) groups is 1. The Labute approximate surface area is 207 Å². The lowest BCUT2D eigenvalue weighted by Gasteiger charge is -2.37. The Morgan fingerprint density at radius 3 is 2.24 bits per heavy atom. The van der Waals surface area contributed by atoms with Crippen molar-refractivity contribution in [2.45, 2.75) is 32.4 Å². The maximum atomic E-state index is 12.9. The molecule has 2 aliphatic rings. The van der Waals surface area contributed by atoms with Crippen LogP contribution in [0.2, 0.25) is 10.0 Å². The second kappa shape index (κ2) is 9.05. The molecule has 0 saturated carbocycles. The topological polar surface area (TPSA) is 87.8 Å². The average Bonchev–Trinajstić information content (AvgIpc) is 3.26. The smallest absolute Gasteiger partial charge is 0.260 e. The first-order valence-corrected chi connectivity index (χ1v) is 12.1. The van der Waals surface area contributed by atoms with Crippen LogP contribution in [0.3, 0.4) is 0 Å². The Morgan fingerprint density at radius 2 is 1.70 bits per heavy atom. The summed E-state index contributed by atoms with van der Waals surface area (Å²) in [6.07, 6.45) is 0. The first-order chi connectivity index (χ1) is 15.6. The molecule has 33 heavy (non-hydrogen) atoms. The highest BCUT2D eigenvalue weighted by atomic mass is 35.5. The number of carbonyl (C=O) groups excluding carboxylic acids is 2. The van der Waals surface area contributed by atoms with Crippen LogP contribution in [0.4, 0.5) is 0 Å². The Morgan fingerprint density at radius 1 is 1.12 bits per heavy atom. The largest absolute Gasteiger partial charge is 0.368 e. The number of carbonyl (C=O) groups is 2. The molecule has 0 spiro atoms. The molecule has 0 unspecified atom stereocenters. The molecule has 0 saturated heterocycles. The van der Waals surface area contributed by atoms with E-state index in [4.69, 9.17) is 33.9 Å². The van der Waals surface area contributed by atoms with E-state index in [1.54, 1.807) is 0 Å². The number of nitrogens with two attached hydrogens (primary N) is 1. The number of rotatable bonds is 6. The minimum absolute atomic E-state index is 0.0295. The Hall–Kier alpha value is -2.48. The van der Waals surface area contributed by atoms with E-state index in [2.05, 4.69) is 17.1 Å². The van der Waals surface area contributed by atoms with Gasteiger partial charge in [0, 0.05) is 15.7 Å². The summed E-state index contributed by atoms with van der Waals surface area (Å²) in [5.41, 5.74) is 7.48. The highest BCUT2D eigenvalue weighted by molar-refractivity contribution is 8.18. The molecular weight excluding hydrogens is 479 g/mol. The molecule has 9 heteroatoms. The van der Waals surface area contributed by atoms with Crippen molar-refractivity contribution in [1.29, 1.82) is 0 Å². The first kappa shape index (κ1) is 23.7. The molecule has 2 aromatic rings. The average molecular weight is 503 g/mol. The molecule has 6 nitrogen and oxygen atoms in total. The minimum atomic E-state index is -0.629. The predicted octanol–water partition coefficient (Wildman–Crippen LogP) is 4.84. The zero-order valence-corrected chi connectivity index (χ0v) is 20.8. The number of amides is 2.